The van der Waals surface area contributed by atoms with Crippen molar-refractivity contribution < 1.29 is 9.90 Å². The zero-order chi connectivity index (χ0) is 9.26. The van der Waals surface area contributed by atoms with Crippen molar-refractivity contribution in [1.82, 2.24) is 0 Å². The molecule has 1 heterocycles. The number of carboxylic acid groups (broad SMARTS) is 1. The number of fused-ring (bicyclic) bond motifs is 1. The van der Waals surface area contributed by atoms with Crippen LogP contribution in [0.1, 0.15) is 0 Å². The van der Waals surface area contributed by atoms with E-state index >= 15 is 0 Å². The van der Waals surface area contributed by atoms with Gasteiger partial charge in [0.25, 0.3) is 0 Å². The number of aliphatic carboxylic acids is 1. The van der Waals surface area contributed by atoms with Crippen LogP contribution in [0.3, 0.4) is 0 Å². The summed E-state index contributed by atoms with van der Waals surface area (Å²) in [6.45, 7) is 0. The minimum absolute atomic E-state index is 0.0268. The molecule has 0 radical (unpaired) electrons. The molecule has 0 spiro atoms. The highest BCUT2D eigenvalue weighted by molar-refractivity contribution is 6.40. The Bertz CT molecular complexity index is 350. The third kappa shape index (κ3) is 1.45. The van der Waals surface area contributed by atoms with Gasteiger partial charge in [-0.1, -0.05) is 30.4 Å². The van der Waals surface area contributed by atoms with E-state index in [1.54, 1.807) is 6.08 Å². The van der Waals surface area contributed by atoms with E-state index in [4.69, 9.17) is 5.11 Å². The first-order chi connectivity index (χ1) is 6.27. The fourth-order valence-electron chi connectivity index (χ4n) is 1.45. The van der Waals surface area contributed by atoms with E-state index in [0.717, 1.165) is 0 Å². The fourth-order valence-corrected chi connectivity index (χ4v) is 1.45. The number of allylic oxidation sites excluding steroid dienone is 2. The Morgan fingerprint density at radius 2 is 2.08 bits per heavy atom. The second-order valence-corrected chi connectivity index (χ2v) is 3.02. The second kappa shape index (κ2) is 3.01. The molecule has 0 aromatic heterocycles. The van der Waals surface area contributed by atoms with Crippen molar-refractivity contribution in [3.8, 4) is 0 Å². The molecule has 66 valence electrons. The Hall–Kier alpha value is -1.64. The van der Waals surface area contributed by atoms with Gasteiger partial charge >= 0.3 is 5.97 Å². The number of dihydropyridines is 1. The van der Waals surface area contributed by atoms with E-state index < -0.39 is 5.97 Å². The first-order valence-electron chi connectivity index (χ1n) is 4.11. The van der Waals surface area contributed by atoms with Gasteiger partial charge in [-0.25, -0.2) is 4.79 Å². The van der Waals surface area contributed by atoms with Crippen molar-refractivity contribution >= 4 is 11.7 Å². The van der Waals surface area contributed by atoms with Crippen LogP contribution in [0.2, 0.25) is 0 Å². The van der Waals surface area contributed by atoms with Gasteiger partial charge < -0.3 is 5.11 Å². The molecule has 2 unspecified atom stereocenters. The highest BCUT2D eigenvalue weighted by Gasteiger charge is 2.21. The molecule has 0 saturated carbocycles. The largest absolute Gasteiger partial charge is 0.477 e. The Labute approximate surface area is 75.8 Å². The average Bonchev–Trinajstić information content (AvgIpc) is 2.17. The lowest BCUT2D eigenvalue weighted by atomic mass is 9.92. The van der Waals surface area contributed by atoms with Gasteiger partial charge in [-0.2, -0.15) is 0 Å². The normalized spacial score (nSPS) is 29.7. The van der Waals surface area contributed by atoms with Crippen molar-refractivity contribution in [2.24, 2.45) is 10.9 Å². The predicted octanol–water partition coefficient (Wildman–Crippen LogP) is 1.19. The van der Waals surface area contributed by atoms with Crippen LogP contribution in [0, 0.1) is 5.92 Å². The number of hydrogen-bond donors (Lipinski definition) is 1. The Morgan fingerprint density at radius 3 is 2.85 bits per heavy atom. The Balaban J connectivity index is 2.27. The standard InChI is InChI=1S/C10H9NO2/c12-10(13)9-6-5-7-3-1-2-4-8(7)11-9/h1-8H,(H,12,13). The first-order valence-corrected chi connectivity index (χ1v) is 4.11. The molecule has 3 heteroatoms. The number of rotatable bonds is 1. The van der Waals surface area contributed by atoms with Crippen LogP contribution in [0.5, 0.6) is 0 Å². The fraction of sp³-hybridized carbons (Fsp3) is 0.200. The van der Waals surface area contributed by atoms with E-state index in [1.807, 2.05) is 30.4 Å². The summed E-state index contributed by atoms with van der Waals surface area (Å²) in [5.41, 5.74) is 0.140. The summed E-state index contributed by atoms with van der Waals surface area (Å²) in [6, 6.07) is -0.0268. The molecule has 2 rings (SSSR count). The number of carbonyl (C=O) groups is 1. The van der Waals surface area contributed by atoms with Gasteiger partial charge in [0, 0.05) is 5.92 Å². The molecule has 0 saturated heterocycles. The molecule has 2 atom stereocenters. The Kier molecular flexibility index (Phi) is 1.85. The molecule has 1 aliphatic carbocycles. The van der Waals surface area contributed by atoms with Crippen molar-refractivity contribution in [3.05, 3.63) is 36.5 Å². The third-order valence-corrected chi connectivity index (χ3v) is 2.13. The van der Waals surface area contributed by atoms with Gasteiger partial charge in [-0.3, -0.25) is 4.99 Å². The third-order valence-electron chi connectivity index (χ3n) is 2.13. The lowest BCUT2D eigenvalue weighted by Crippen LogP contribution is -2.24. The molecule has 0 aromatic rings. The molecule has 1 aliphatic heterocycles. The van der Waals surface area contributed by atoms with Crippen molar-refractivity contribution in [2.75, 3.05) is 0 Å². The van der Waals surface area contributed by atoms with Gasteiger partial charge in [0.2, 0.25) is 0 Å². The quantitative estimate of drug-likeness (QED) is 0.650. The minimum Gasteiger partial charge on any atom is -0.477 e. The molecule has 0 aromatic carbocycles. The van der Waals surface area contributed by atoms with E-state index in [1.165, 1.54) is 0 Å². The minimum atomic E-state index is -0.961. The summed E-state index contributed by atoms with van der Waals surface area (Å²) in [5.74, 6) is -0.731. The maximum absolute atomic E-state index is 10.6. The van der Waals surface area contributed by atoms with E-state index in [-0.39, 0.29) is 17.7 Å². The van der Waals surface area contributed by atoms with E-state index in [0.29, 0.717) is 0 Å². The van der Waals surface area contributed by atoms with Gasteiger partial charge in [-0.05, 0) is 6.08 Å². The average molecular weight is 175 g/mol. The van der Waals surface area contributed by atoms with Crippen LogP contribution in [-0.4, -0.2) is 22.8 Å². The van der Waals surface area contributed by atoms with Crippen LogP contribution in [0.25, 0.3) is 0 Å². The van der Waals surface area contributed by atoms with Crippen LogP contribution in [0.15, 0.2) is 41.4 Å². The highest BCUT2D eigenvalue weighted by atomic mass is 16.4. The maximum Gasteiger partial charge on any atom is 0.354 e. The van der Waals surface area contributed by atoms with Crippen LogP contribution < -0.4 is 0 Å². The number of aliphatic imine (C=N–C) groups is 1. The van der Waals surface area contributed by atoms with Crippen LogP contribution in [0.4, 0.5) is 0 Å². The van der Waals surface area contributed by atoms with Crippen LogP contribution in [-0.2, 0) is 4.79 Å². The molecule has 0 fully saturated rings. The smallest absolute Gasteiger partial charge is 0.354 e. The van der Waals surface area contributed by atoms with Crippen molar-refractivity contribution in [2.45, 2.75) is 6.04 Å². The molecule has 2 aliphatic rings. The zero-order valence-corrected chi connectivity index (χ0v) is 6.92. The number of hydrogen-bond acceptors (Lipinski definition) is 2. The first kappa shape index (κ1) is 7.98. The molecule has 1 N–H and O–H groups in total. The summed E-state index contributed by atoms with van der Waals surface area (Å²) in [7, 11) is 0. The Morgan fingerprint density at radius 1 is 1.31 bits per heavy atom. The molecular weight excluding hydrogens is 166 g/mol. The maximum atomic E-state index is 10.6. The number of nitrogens with zero attached hydrogens (tertiary/aromatic N) is 1. The molecule has 13 heavy (non-hydrogen) atoms. The zero-order valence-electron chi connectivity index (χ0n) is 6.92. The SMILES string of the molecule is O=C(O)C1=NC2C=CC=CC2C=C1. The molecule has 0 bridgehead atoms. The van der Waals surface area contributed by atoms with E-state index in [2.05, 4.69) is 4.99 Å². The van der Waals surface area contributed by atoms with Crippen LogP contribution >= 0.6 is 0 Å². The van der Waals surface area contributed by atoms with Gasteiger partial charge in [-0.15, -0.1) is 0 Å². The lowest BCUT2D eigenvalue weighted by Gasteiger charge is -2.20. The highest BCUT2D eigenvalue weighted by Crippen LogP contribution is 2.20. The summed E-state index contributed by atoms with van der Waals surface area (Å²) in [4.78, 5) is 14.7. The summed E-state index contributed by atoms with van der Waals surface area (Å²) >= 11 is 0. The topological polar surface area (TPSA) is 49.7 Å². The van der Waals surface area contributed by atoms with E-state index in [9.17, 15) is 4.79 Å². The molecule has 3 nitrogen and oxygen atoms in total. The summed E-state index contributed by atoms with van der Waals surface area (Å²) in [5, 5.41) is 8.70. The van der Waals surface area contributed by atoms with Crippen molar-refractivity contribution in [1.29, 1.82) is 0 Å². The summed E-state index contributed by atoms with van der Waals surface area (Å²) < 4.78 is 0. The molecule has 0 amide bonds. The van der Waals surface area contributed by atoms with Crippen molar-refractivity contribution in [3.63, 3.8) is 0 Å². The number of carboxylic acids is 1. The molecular formula is C10H9NO2. The second-order valence-electron chi connectivity index (χ2n) is 3.02. The monoisotopic (exact) mass is 175 g/mol. The lowest BCUT2D eigenvalue weighted by molar-refractivity contribution is -0.129. The van der Waals surface area contributed by atoms with Gasteiger partial charge in [0.15, 0.2) is 0 Å². The van der Waals surface area contributed by atoms with Gasteiger partial charge in [0.1, 0.15) is 5.71 Å². The van der Waals surface area contributed by atoms with Gasteiger partial charge in [0.05, 0.1) is 6.04 Å². The predicted molar refractivity (Wildman–Crippen MR) is 49.8 cm³/mol. The summed E-state index contributed by atoms with van der Waals surface area (Å²) in [6.07, 6.45) is 11.2.